The second-order valence-electron chi connectivity index (χ2n) is 6.65. The van der Waals surface area contributed by atoms with Gasteiger partial charge in [0.1, 0.15) is 0 Å². The Hall–Kier alpha value is -1.36. The van der Waals surface area contributed by atoms with Gasteiger partial charge in [0.05, 0.1) is 0 Å². The van der Waals surface area contributed by atoms with E-state index < -0.39 is 0 Å². The van der Waals surface area contributed by atoms with Crippen LogP contribution >= 0.6 is 11.8 Å². The fraction of sp³-hybridized carbons (Fsp3) is 0.450. The van der Waals surface area contributed by atoms with Gasteiger partial charge in [-0.1, -0.05) is 24.3 Å². The van der Waals surface area contributed by atoms with Crippen LogP contribution in [0.5, 0.6) is 0 Å². The van der Waals surface area contributed by atoms with Crippen LogP contribution < -0.4 is 5.32 Å². The maximum atomic E-state index is 4.49. The van der Waals surface area contributed by atoms with Crippen molar-refractivity contribution >= 4 is 11.8 Å². The number of piperazine rings is 1. The van der Waals surface area contributed by atoms with Crippen molar-refractivity contribution in [2.24, 2.45) is 0 Å². The molecule has 2 aliphatic heterocycles. The number of hydrogen-bond donors (Lipinski definition) is 1. The van der Waals surface area contributed by atoms with Crippen molar-refractivity contribution in [3.05, 3.63) is 59.9 Å². The summed E-state index contributed by atoms with van der Waals surface area (Å²) in [5.74, 6) is 1.23. The number of aromatic nitrogens is 1. The largest absolute Gasteiger partial charge is 0.314 e. The normalized spacial score (nSPS) is 24.5. The highest BCUT2D eigenvalue weighted by atomic mass is 32.2. The average Bonchev–Trinajstić information content (AvgIpc) is 2.67. The van der Waals surface area contributed by atoms with Crippen LogP contribution in [-0.2, 0) is 6.42 Å². The molecule has 0 bridgehead atoms. The van der Waals surface area contributed by atoms with E-state index in [-0.39, 0.29) is 0 Å². The van der Waals surface area contributed by atoms with Crippen LogP contribution in [0.25, 0.3) is 0 Å². The Bertz CT molecular complexity index is 661. The molecule has 0 spiro atoms. The molecule has 0 aliphatic carbocycles. The molecular formula is C20H25N3S. The van der Waals surface area contributed by atoms with Crippen LogP contribution in [0, 0.1) is 0 Å². The summed E-state index contributed by atoms with van der Waals surface area (Å²) in [7, 11) is 0. The molecule has 1 N–H and O–H groups in total. The molecule has 3 nitrogen and oxygen atoms in total. The first-order valence-electron chi connectivity index (χ1n) is 9.00. The first-order chi connectivity index (χ1) is 11.9. The van der Waals surface area contributed by atoms with Crippen molar-refractivity contribution in [1.29, 1.82) is 0 Å². The molecule has 3 heterocycles. The number of rotatable bonds is 4. The summed E-state index contributed by atoms with van der Waals surface area (Å²) in [4.78, 5) is 8.74. The monoisotopic (exact) mass is 339 g/mol. The quantitative estimate of drug-likeness (QED) is 0.922. The molecule has 0 amide bonds. The second kappa shape index (κ2) is 7.68. The minimum atomic E-state index is 0.582. The predicted molar refractivity (Wildman–Crippen MR) is 100 cm³/mol. The van der Waals surface area contributed by atoms with Crippen LogP contribution in [0.15, 0.2) is 53.6 Å². The number of fused-ring (bicyclic) bond motifs is 1. The maximum Gasteiger partial charge on any atom is 0.0404 e. The molecule has 2 atom stereocenters. The first kappa shape index (κ1) is 16.1. The Morgan fingerprint density at radius 2 is 2.08 bits per heavy atom. The van der Waals surface area contributed by atoms with Gasteiger partial charge in [-0.25, -0.2) is 0 Å². The standard InChI is InChI=1S/C20H25N3S/c1-2-7-20-18(6-1)19(10-14-24-20)23-13-12-21-15-17(23)9-8-16-5-3-4-11-22-16/h1-7,11,17,19,21H,8-10,12-15H2. The highest BCUT2D eigenvalue weighted by molar-refractivity contribution is 7.99. The average molecular weight is 340 g/mol. The lowest BCUT2D eigenvalue weighted by atomic mass is 9.96. The van der Waals surface area contributed by atoms with Gasteiger partial charge in [0.25, 0.3) is 0 Å². The third kappa shape index (κ3) is 3.51. The van der Waals surface area contributed by atoms with Crippen LogP contribution in [0.1, 0.15) is 30.1 Å². The van der Waals surface area contributed by atoms with Crippen molar-refractivity contribution in [3.63, 3.8) is 0 Å². The highest BCUT2D eigenvalue weighted by Gasteiger charge is 2.32. The van der Waals surface area contributed by atoms with E-state index in [0.29, 0.717) is 12.1 Å². The summed E-state index contributed by atoms with van der Waals surface area (Å²) >= 11 is 2.02. The maximum absolute atomic E-state index is 4.49. The number of aryl methyl sites for hydroxylation is 1. The Morgan fingerprint density at radius 1 is 1.17 bits per heavy atom. The van der Waals surface area contributed by atoms with Crippen molar-refractivity contribution < 1.29 is 0 Å². The SMILES string of the molecule is c1ccc(CCC2CNCCN2C2CCSc3ccccc32)nc1. The zero-order valence-corrected chi connectivity index (χ0v) is 14.8. The number of nitrogens with zero attached hydrogens (tertiary/aromatic N) is 2. The molecule has 2 unspecified atom stereocenters. The van der Waals surface area contributed by atoms with Gasteiger partial charge in [0.2, 0.25) is 0 Å². The lowest BCUT2D eigenvalue weighted by Gasteiger charge is -2.43. The van der Waals surface area contributed by atoms with Crippen molar-refractivity contribution in [2.75, 3.05) is 25.4 Å². The molecule has 24 heavy (non-hydrogen) atoms. The van der Waals surface area contributed by atoms with Gasteiger partial charge < -0.3 is 5.32 Å². The number of hydrogen-bond acceptors (Lipinski definition) is 4. The minimum Gasteiger partial charge on any atom is -0.314 e. The van der Waals surface area contributed by atoms with E-state index in [4.69, 9.17) is 0 Å². The van der Waals surface area contributed by atoms with Gasteiger partial charge in [0, 0.05) is 48.5 Å². The molecule has 2 aliphatic rings. The van der Waals surface area contributed by atoms with Crippen molar-refractivity contribution in [3.8, 4) is 0 Å². The Kier molecular flexibility index (Phi) is 5.16. The molecule has 126 valence electrons. The molecule has 0 radical (unpaired) electrons. The number of thioether (sulfide) groups is 1. The lowest BCUT2D eigenvalue weighted by Crippen LogP contribution is -2.53. The van der Waals surface area contributed by atoms with Gasteiger partial charge in [-0.3, -0.25) is 9.88 Å². The van der Waals surface area contributed by atoms with Crippen LogP contribution in [0.2, 0.25) is 0 Å². The Balaban J connectivity index is 1.50. The molecule has 4 heteroatoms. The van der Waals surface area contributed by atoms with E-state index in [1.807, 2.05) is 24.0 Å². The zero-order valence-electron chi connectivity index (χ0n) is 14.0. The second-order valence-corrected chi connectivity index (χ2v) is 7.78. The number of benzene rings is 1. The van der Waals surface area contributed by atoms with E-state index in [9.17, 15) is 0 Å². The molecule has 1 saturated heterocycles. The summed E-state index contributed by atoms with van der Waals surface area (Å²) in [6, 6.07) is 16.4. The van der Waals surface area contributed by atoms with E-state index in [1.165, 1.54) is 29.2 Å². The summed E-state index contributed by atoms with van der Waals surface area (Å²) in [6.45, 7) is 3.35. The van der Waals surface area contributed by atoms with Crippen LogP contribution in [0.4, 0.5) is 0 Å². The summed E-state index contributed by atoms with van der Waals surface area (Å²) < 4.78 is 0. The lowest BCUT2D eigenvalue weighted by molar-refractivity contribution is 0.0950. The topological polar surface area (TPSA) is 28.2 Å². The van der Waals surface area contributed by atoms with E-state index >= 15 is 0 Å². The van der Waals surface area contributed by atoms with Gasteiger partial charge in [-0.15, -0.1) is 11.8 Å². The van der Waals surface area contributed by atoms with E-state index in [2.05, 4.69) is 51.6 Å². The molecule has 4 rings (SSSR count). The Labute approximate surface area is 148 Å². The molecule has 1 aromatic heterocycles. The fourth-order valence-corrected chi connectivity index (χ4v) is 5.09. The fourth-order valence-electron chi connectivity index (χ4n) is 3.98. The Morgan fingerprint density at radius 3 is 3.00 bits per heavy atom. The molecular weight excluding hydrogens is 314 g/mol. The molecule has 2 aromatic rings. The summed E-state index contributed by atoms with van der Waals surface area (Å²) in [5, 5.41) is 3.60. The van der Waals surface area contributed by atoms with E-state index in [1.54, 1.807) is 5.56 Å². The van der Waals surface area contributed by atoms with Gasteiger partial charge in [0.15, 0.2) is 0 Å². The van der Waals surface area contributed by atoms with Crippen molar-refractivity contribution in [2.45, 2.75) is 36.2 Å². The van der Waals surface area contributed by atoms with Gasteiger partial charge in [-0.2, -0.15) is 0 Å². The van der Waals surface area contributed by atoms with Gasteiger partial charge in [-0.05, 0) is 48.8 Å². The number of pyridine rings is 1. The highest BCUT2D eigenvalue weighted by Crippen LogP contribution is 2.40. The van der Waals surface area contributed by atoms with Crippen LogP contribution in [0.3, 0.4) is 0 Å². The smallest absolute Gasteiger partial charge is 0.0404 e. The summed E-state index contributed by atoms with van der Waals surface area (Å²) in [5.41, 5.74) is 2.75. The third-order valence-electron chi connectivity index (χ3n) is 5.18. The summed E-state index contributed by atoms with van der Waals surface area (Å²) in [6.07, 6.45) is 5.41. The van der Waals surface area contributed by atoms with Crippen molar-refractivity contribution in [1.82, 2.24) is 15.2 Å². The molecule has 1 fully saturated rings. The number of nitrogens with one attached hydrogen (secondary N) is 1. The van der Waals surface area contributed by atoms with Crippen LogP contribution in [-0.4, -0.2) is 41.3 Å². The zero-order chi connectivity index (χ0) is 16.2. The third-order valence-corrected chi connectivity index (χ3v) is 6.31. The van der Waals surface area contributed by atoms with Gasteiger partial charge >= 0.3 is 0 Å². The first-order valence-corrected chi connectivity index (χ1v) is 9.98. The minimum absolute atomic E-state index is 0.582. The molecule has 1 aromatic carbocycles. The van der Waals surface area contributed by atoms with E-state index in [0.717, 1.165) is 26.1 Å². The predicted octanol–water partition coefficient (Wildman–Crippen LogP) is 3.53. The molecule has 0 saturated carbocycles.